The molecule has 7 nitrogen and oxygen atoms in total. The SMILES string of the molecule is CCn1c2ccccc2c2cc([P@@](/C=C3/N(C)c4ccccc4C3(C)C)(=Nc3cc([N+](=O)[O-])ccc3C)N(C)C)ccc21. The lowest BCUT2D eigenvalue weighted by atomic mass is 9.84. The summed E-state index contributed by atoms with van der Waals surface area (Å²) in [5.41, 5.74) is 7.35. The van der Waals surface area contributed by atoms with Gasteiger partial charge in [0.15, 0.2) is 0 Å². The molecule has 43 heavy (non-hydrogen) atoms. The maximum absolute atomic E-state index is 11.8. The highest BCUT2D eigenvalue weighted by atomic mass is 31.2. The summed E-state index contributed by atoms with van der Waals surface area (Å²) < 4.78 is 10.1. The quantitative estimate of drug-likeness (QED) is 0.112. The molecule has 220 valence electrons. The Kier molecular flexibility index (Phi) is 7.07. The number of nitrogens with zero attached hydrogens (tertiary/aromatic N) is 5. The van der Waals surface area contributed by atoms with E-state index in [9.17, 15) is 10.1 Å². The summed E-state index contributed by atoms with van der Waals surface area (Å²) in [6, 6.07) is 28.8. The van der Waals surface area contributed by atoms with Gasteiger partial charge in [0.2, 0.25) is 0 Å². The largest absolute Gasteiger partial charge is 0.347 e. The first-order chi connectivity index (χ1) is 20.5. The predicted molar refractivity (Wildman–Crippen MR) is 181 cm³/mol. The molecule has 1 aromatic heterocycles. The highest BCUT2D eigenvalue weighted by molar-refractivity contribution is 7.74. The van der Waals surface area contributed by atoms with Gasteiger partial charge in [-0.15, -0.1) is 0 Å². The Morgan fingerprint density at radius 1 is 0.953 bits per heavy atom. The molecule has 1 aliphatic rings. The summed E-state index contributed by atoms with van der Waals surface area (Å²) >= 11 is 0. The van der Waals surface area contributed by atoms with Gasteiger partial charge in [-0.1, -0.05) is 56.3 Å². The molecule has 0 spiro atoms. The van der Waals surface area contributed by atoms with Gasteiger partial charge in [0.25, 0.3) is 5.69 Å². The van der Waals surface area contributed by atoms with Gasteiger partial charge in [-0.3, -0.25) is 14.8 Å². The number of non-ortho nitro benzene ring substituents is 1. The van der Waals surface area contributed by atoms with E-state index < -0.39 is 7.21 Å². The summed E-state index contributed by atoms with van der Waals surface area (Å²) in [7, 11) is 3.61. The van der Waals surface area contributed by atoms with E-state index in [1.807, 2.05) is 6.92 Å². The zero-order valence-corrected chi connectivity index (χ0v) is 26.8. The smallest absolute Gasteiger partial charge is 0.271 e. The van der Waals surface area contributed by atoms with Crippen LogP contribution in [0, 0.1) is 17.0 Å². The molecular weight excluding hydrogens is 553 g/mol. The van der Waals surface area contributed by atoms with Gasteiger partial charge in [0, 0.05) is 69.6 Å². The van der Waals surface area contributed by atoms with Crippen molar-refractivity contribution < 1.29 is 4.92 Å². The molecule has 0 aliphatic carbocycles. The Labute approximate surface area is 253 Å². The molecule has 0 radical (unpaired) electrons. The number of hydrogen-bond donors (Lipinski definition) is 0. The molecule has 8 heteroatoms. The molecule has 0 saturated carbocycles. The lowest BCUT2D eigenvalue weighted by Crippen LogP contribution is -2.25. The number of hydrogen-bond acceptors (Lipinski definition) is 4. The van der Waals surface area contributed by atoms with Crippen LogP contribution in [-0.4, -0.2) is 35.3 Å². The Morgan fingerprint density at radius 2 is 1.65 bits per heavy atom. The zero-order chi connectivity index (χ0) is 30.7. The van der Waals surface area contributed by atoms with Gasteiger partial charge in [-0.25, -0.2) is 4.74 Å². The van der Waals surface area contributed by atoms with Crippen molar-refractivity contribution in [2.75, 3.05) is 26.0 Å². The summed E-state index contributed by atoms with van der Waals surface area (Å²) in [4.78, 5) is 13.7. The maximum Gasteiger partial charge on any atom is 0.271 e. The second-order valence-electron chi connectivity index (χ2n) is 12.0. The summed E-state index contributed by atoms with van der Waals surface area (Å²) in [6.07, 6.45) is 0. The van der Waals surface area contributed by atoms with Gasteiger partial charge in [0.1, 0.15) is 0 Å². The normalized spacial score (nSPS) is 16.7. The highest BCUT2D eigenvalue weighted by Gasteiger charge is 2.40. The van der Waals surface area contributed by atoms with Crippen LogP contribution in [-0.2, 0) is 12.0 Å². The third kappa shape index (κ3) is 4.50. The number of fused-ring (bicyclic) bond motifs is 4. The minimum Gasteiger partial charge on any atom is -0.347 e. The van der Waals surface area contributed by atoms with E-state index in [1.54, 1.807) is 18.2 Å². The minimum absolute atomic E-state index is 0.0426. The van der Waals surface area contributed by atoms with Crippen molar-refractivity contribution in [2.45, 2.75) is 39.7 Å². The molecule has 1 aliphatic heterocycles. The van der Waals surface area contributed by atoms with Crippen molar-refractivity contribution in [3.63, 3.8) is 0 Å². The number of rotatable bonds is 6. The Morgan fingerprint density at radius 3 is 2.35 bits per heavy atom. The zero-order valence-electron chi connectivity index (χ0n) is 25.9. The number of likely N-dealkylation sites (N-methyl/N-ethyl adjacent to an activating group) is 1. The lowest BCUT2D eigenvalue weighted by molar-refractivity contribution is -0.384. The first-order valence-electron chi connectivity index (χ1n) is 14.6. The molecule has 0 amide bonds. The third-order valence-corrected chi connectivity index (χ3v) is 12.4. The van der Waals surface area contributed by atoms with E-state index in [4.69, 9.17) is 4.74 Å². The number of allylic oxidation sites excluding steroid dienone is 1. The molecule has 6 rings (SSSR count). The van der Waals surface area contributed by atoms with Crippen LogP contribution in [0.15, 0.2) is 101 Å². The standard InChI is InChI=1S/C35H38N5O2P/c1-8-39-31-15-11-9-13-27(31)28-22-26(19-20-32(28)39)43(37(5)6,36-30-21-25(40(41)42)18-17-24(30)2)23-34-35(3,4)29-14-10-12-16-33(29)38(34)7/h9-23H,8H2,1-7H3/b34-23+/t43-/m0/s1. The number of anilines is 1. The number of benzene rings is 4. The molecule has 5 aromatic rings. The minimum atomic E-state index is -2.67. The van der Waals surface area contributed by atoms with Crippen molar-refractivity contribution >= 4 is 51.4 Å². The van der Waals surface area contributed by atoms with Crippen molar-refractivity contribution in [1.82, 2.24) is 9.24 Å². The molecule has 0 saturated heterocycles. The van der Waals surface area contributed by atoms with Crippen LogP contribution in [0.4, 0.5) is 17.1 Å². The average molecular weight is 592 g/mol. The lowest BCUT2D eigenvalue weighted by Gasteiger charge is -2.33. The van der Waals surface area contributed by atoms with Crippen LogP contribution < -0.4 is 10.2 Å². The topological polar surface area (TPSA) is 66.9 Å². The average Bonchev–Trinajstić information content (AvgIpc) is 3.41. The number of nitro benzene ring substituents is 1. The van der Waals surface area contributed by atoms with Gasteiger partial charge in [-0.05, 0) is 75.2 Å². The predicted octanol–water partition coefficient (Wildman–Crippen LogP) is 8.93. The van der Waals surface area contributed by atoms with Crippen LogP contribution >= 0.6 is 7.21 Å². The van der Waals surface area contributed by atoms with E-state index in [2.05, 4.69) is 129 Å². The summed E-state index contributed by atoms with van der Waals surface area (Å²) in [5, 5.41) is 15.3. The van der Waals surface area contributed by atoms with E-state index in [1.165, 1.54) is 38.8 Å². The molecule has 0 unspecified atom stereocenters. The second-order valence-corrected chi connectivity index (χ2v) is 15.1. The van der Waals surface area contributed by atoms with E-state index in [-0.39, 0.29) is 16.0 Å². The molecule has 2 heterocycles. The van der Waals surface area contributed by atoms with Crippen LogP contribution in [0.1, 0.15) is 31.9 Å². The first-order valence-corrected chi connectivity index (χ1v) is 16.4. The Bertz CT molecular complexity index is 2000. The molecule has 0 bridgehead atoms. The van der Waals surface area contributed by atoms with Crippen molar-refractivity contribution in [3.05, 3.63) is 118 Å². The Hall–Kier alpha value is -4.19. The Balaban J connectivity index is 1.72. The molecule has 1 atom stereocenters. The van der Waals surface area contributed by atoms with Crippen molar-refractivity contribution in [1.29, 1.82) is 0 Å². The monoisotopic (exact) mass is 591 g/mol. The van der Waals surface area contributed by atoms with E-state index in [0.717, 1.165) is 17.4 Å². The van der Waals surface area contributed by atoms with Gasteiger partial charge in [-0.2, -0.15) is 0 Å². The number of nitro groups is 1. The number of aromatic nitrogens is 1. The molecule has 0 N–H and O–H groups in total. The van der Waals surface area contributed by atoms with Crippen molar-refractivity contribution in [3.8, 4) is 0 Å². The summed E-state index contributed by atoms with van der Waals surface area (Å²) in [5.74, 6) is 2.37. The third-order valence-electron chi connectivity index (χ3n) is 8.97. The fraction of sp³-hybridized carbons (Fsp3) is 0.257. The number of aryl methyl sites for hydroxylation is 2. The number of para-hydroxylation sites is 2. The van der Waals surface area contributed by atoms with Gasteiger partial charge in [0.05, 0.1) is 17.8 Å². The fourth-order valence-electron chi connectivity index (χ4n) is 6.57. The van der Waals surface area contributed by atoms with E-state index >= 15 is 0 Å². The van der Waals surface area contributed by atoms with Crippen LogP contribution in [0.5, 0.6) is 0 Å². The molecular formula is C35H38N5O2P. The summed E-state index contributed by atoms with van der Waals surface area (Å²) in [6.45, 7) is 9.55. The molecule has 4 aromatic carbocycles. The van der Waals surface area contributed by atoms with Crippen molar-refractivity contribution in [2.24, 2.45) is 4.74 Å². The van der Waals surface area contributed by atoms with Gasteiger partial charge < -0.3 is 9.47 Å². The maximum atomic E-state index is 11.8. The second kappa shape index (κ2) is 10.5. The highest BCUT2D eigenvalue weighted by Crippen LogP contribution is 2.59. The van der Waals surface area contributed by atoms with Gasteiger partial charge >= 0.3 is 0 Å². The first kappa shape index (κ1) is 28.9. The fourth-order valence-corrected chi connectivity index (χ4v) is 9.76. The van der Waals surface area contributed by atoms with Crippen LogP contribution in [0.25, 0.3) is 21.8 Å². The van der Waals surface area contributed by atoms with E-state index in [0.29, 0.717) is 5.69 Å². The molecule has 0 fully saturated rings. The van der Waals surface area contributed by atoms with Crippen LogP contribution in [0.3, 0.4) is 0 Å². The van der Waals surface area contributed by atoms with Crippen LogP contribution in [0.2, 0.25) is 0 Å².